The Balaban J connectivity index is 1.96. The van der Waals surface area contributed by atoms with Crippen molar-refractivity contribution in [1.29, 1.82) is 0 Å². The summed E-state index contributed by atoms with van der Waals surface area (Å²) in [5.74, 6) is -0.123. The quantitative estimate of drug-likeness (QED) is 0.920. The highest BCUT2D eigenvalue weighted by Crippen LogP contribution is 2.34. The Morgan fingerprint density at radius 3 is 2.55 bits per heavy atom. The molecule has 0 radical (unpaired) electrons. The Labute approximate surface area is 120 Å². The average molecular weight is 278 g/mol. The molecule has 3 unspecified atom stereocenters. The normalized spacial score (nSPS) is 26.9. The second kappa shape index (κ2) is 5.34. The van der Waals surface area contributed by atoms with Crippen molar-refractivity contribution in [2.75, 3.05) is 25.0 Å². The van der Waals surface area contributed by atoms with E-state index in [-0.39, 0.29) is 11.9 Å². The van der Waals surface area contributed by atoms with Crippen LogP contribution in [0.15, 0.2) is 12.1 Å². The van der Waals surface area contributed by atoms with Gasteiger partial charge in [0.1, 0.15) is 5.82 Å². The van der Waals surface area contributed by atoms with Crippen LogP contribution in [0.3, 0.4) is 0 Å². The molecule has 0 saturated carbocycles. The minimum Gasteiger partial charge on any atom is -0.371 e. The van der Waals surface area contributed by atoms with E-state index < -0.39 is 0 Å². The standard InChI is InChI=1S/C16H23FN2O/c1-10-6-16(14(7-15(10)17)11(2)18-3)19-8-12-4-5-13(9-19)20-12/h6-7,11-13,18H,4-5,8-9H2,1-3H3. The lowest BCUT2D eigenvalue weighted by Gasteiger charge is -2.36. The van der Waals surface area contributed by atoms with E-state index in [0.717, 1.165) is 37.2 Å². The first-order valence-corrected chi connectivity index (χ1v) is 7.46. The molecule has 2 saturated heterocycles. The first-order valence-electron chi connectivity index (χ1n) is 7.46. The van der Waals surface area contributed by atoms with Crippen LogP contribution in [0.25, 0.3) is 0 Å². The highest BCUT2D eigenvalue weighted by atomic mass is 19.1. The van der Waals surface area contributed by atoms with Gasteiger partial charge < -0.3 is 15.0 Å². The van der Waals surface area contributed by atoms with Crippen LogP contribution in [0.1, 0.15) is 36.9 Å². The van der Waals surface area contributed by atoms with E-state index in [4.69, 9.17) is 4.74 Å². The fourth-order valence-electron chi connectivity index (χ4n) is 3.27. The number of halogens is 1. The Morgan fingerprint density at radius 2 is 1.95 bits per heavy atom. The molecule has 3 atom stereocenters. The summed E-state index contributed by atoms with van der Waals surface area (Å²) >= 11 is 0. The summed E-state index contributed by atoms with van der Waals surface area (Å²) < 4.78 is 19.8. The zero-order valence-corrected chi connectivity index (χ0v) is 12.4. The molecule has 1 N–H and O–H groups in total. The van der Waals surface area contributed by atoms with Crippen molar-refractivity contribution < 1.29 is 9.13 Å². The van der Waals surface area contributed by atoms with Crippen molar-refractivity contribution in [3.05, 3.63) is 29.1 Å². The molecule has 2 fully saturated rings. The maximum Gasteiger partial charge on any atom is 0.126 e. The summed E-state index contributed by atoms with van der Waals surface area (Å²) in [4.78, 5) is 2.38. The van der Waals surface area contributed by atoms with Crippen molar-refractivity contribution >= 4 is 5.69 Å². The van der Waals surface area contributed by atoms with Crippen molar-refractivity contribution in [2.45, 2.75) is 44.9 Å². The summed E-state index contributed by atoms with van der Waals surface area (Å²) in [6, 6.07) is 3.81. The molecule has 1 aromatic rings. The molecule has 3 rings (SSSR count). The number of fused-ring (bicyclic) bond motifs is 2. The monoisotopic (exact) mass is 278 g/mol. The molecule has 0 aliphatic carbocycles. The molecule has 2 aliphatic heterocycles. The van der Waals surface area contributed by atoms with E-state index in [2.05, 4.69) is 17.1 Å². The molecule has 2 aliphatic rings. The number of benzene rings is 1. The topological polar surface area (TPSA) is 24.5 Å². The van der Waals surface area contributed by atoms with E-state index in [1.165, 1.54) is 0 Å². The largest absolute Gasteiger partial charge is 0.371 e. The Kier molecular flexibility index (Phi) is 3.69. The van der Waals surface area contributed by atoms with Crippen LogP contribution in [0, 0.1) is 12.7 Å². The number of hydrogen-bond acceptors (Lipinski definition) is 3. The van der Waals surface area contributed by atoms with Gasteiger partial charge in [-0.2, -0.15) is 0 Å². The summed E-state index contributed by atoms with van der Waals surface area (Å²) in [5.41, 5.74) is 2.91. The number of nitrogens with zero attached hydrogens (tertiary/aromatic N) is 1. The number of aryl methyl sites for hydroxylation is 1. The van der Waals surface area contributed by atoms with Crippen LogP contribution in [-0.4, -0.2) is 32.3 Å². The van der Waals surface area contributed by atoms with E-state index >= 15 is 0 Å². The molecule has 4 heteroatoms. The number of nitrogens with one attached hydrogen (secondary N) is 1. The van der Waals surface area contributed by atoms with Crippen molar-refractivity contribution in [3.63, 3.8) is 0 Å². The molecule has 0 amide bonds. The fourth-order valence-corrected chi connectivity index (χ4v) is 3.27. The highest BCUT2D eigenvalue weighted by Gasteiger charge is 2.34. The molecule has 110 valence electrons. The zero-order valence-electron chi connectivity index (χ0n) is 12.4. The number of morpholine rings is 1. The van der Waals surface area contributed by atoms with Gasteiger partial charge in [-0.25, -0.2) is 4.39 Å². The van der Waals surface area contributed by atoms with Gasteiger partial charge in [0, 0.05) is 24.8 Å². The molecule has 1 aromatic carbocycles. The van der Waals surface area contributed by atoms with Crippen molar-refractivity contribution in [2.24, 2.45) is 0 Å². The molecule has 0 spiro atoms. The molecule has 2 heterocycles. The summed E-state index contributed by atoms with van der Waals surface area (Å²) in [7, 11) is 1.91. The first-order chi connectivity index (χ1) is 9.58. The molecule has 3 nitrogen and oxygen atoms in total. The molecular formula is C16H23FN2O. The van der Waals surface area contributed by atoms with Crippen molar-refractivity contribution in [3.8, 4) is 0 Å². The van der Waals surface area contributed by atoms with Gasteiger partial charge in [0.05, 0.1) is 12.2 Å². The Bertz CT molecular complexity index is 493. The van der Waals surface area contributed by atoms with Crippen LogP contribution < -0.4 is 10.2 Å². The number of hydrogen-bond donors (Lipinski definition) is 1. The fraction of sp³-hybridized carbons (Fsp3) is 0.625. The third-order valence-electron chi connectivity index (χ3n) is 4.59. The van der Waals surface area contributed by atoms with Gasteiger partial charge in [0.15, 0.2) is 0 Å². The number of rotatable bonds is 3. The average Bonchev–Trinajstić information content (AvgIpc) is 2.79. The van der Waals surface area contributed by atoms with Crippen molar-refractivity contribution in [1.82, 2.24) is 5.32 Å². The smallest absolute Gasteiger partial charge is 0.126 e. The summed E-state index contributed by atoms with van der Waals surface area (Å²) in [6.45, 7) is 5.75. The van der Waals surface area contributed by atoms with Gasteiger partial charge in [-0.15, -0.1) is 0 Å². The van der Waals surface area contributed by atoms with Crippen LogP contribution in [-0.2, 0) is 4.74 Å². The summed E-state index contributed by atoms with van der Waals surface area (Å²) in [5, 5.41) is 3.22. The van der Waals surface area contributed by atoms with Crippen LogP contribution in [0.4, 0.5) is 10.1 Å². The highest BCUT2D eigenvalue weighted by molar-refractivity contribution is 5.57. The van der Waals surface area contributed by atoms with E-state index in [9.17, 15) is 4.39 Å². The molecular weight excluding hydrogens is 255 g/mol. The van der Waals surface area contributed by atoms with E-state index in [1.54, 1.807) is 6.07 Å². The number of anilines is 1. The Hall–Kier alpha value is -1.13. The summed E-state index contributed by atoms with van der Waals surface area (Å²) in [6.07, 6.45) is 2.99. The minimum absolute atomic E-state index is 0.123. The van der Waals surface area contributed by atoms with E-state index in [1.807, 2.05) is 20.0 Å². The van der Waals surface area contributed by atoms with Gasteiger partial charge in [0.2, 0.25) is 0 Å². The maximum atomic E-state index is 13.9. The van der Waals surface area contributed by atoms with Gasteiger partial charge in [-0.1, -0.05) is 0 Å². The maximum absolute atomic E-state index is 13.9. The third-order valence-corrected chi connectivity index (χ3v) is 4.59. The van der Waals surface area contributed by atoms with Gasteiger partial charge >= 0.3 is 0 Å². The predicted octanol–water partition coefficient (Wildman–Crippen LogP) is 2.78. The van der Waals surface area contributed by atoms with Gasteiger partial charge in [0.25, 0.3) is 0 Å². The van der Waals surface area contributed by atoms with Crippen LogP contribution >= 0.6 is 0 Å². The van der Waals surface area contributed by atoms with E-state index in [0.29, 0.717) is 17.8 Å². The van der Waals surface area contributed by atoms with Gasteiger partial charge in [-0.05, 0) is 57.0 Å². The molecule has 2 bridgehead atoms. The SMILES string of the molecule is CNC(C)c1cc(F)c(C)cc1N1CC2CCC(C1)O2. The predicted molar refractivity (Wildman–Crippen MR) is 78.7 cm³/mol. The minimum atomic E-state index is -0.123. The second-order valence-electron chi connectivity index (χ2n) is 6.03. The number of ether oxygens (including phenoxy) is 1. The van der Waals surface area contributed by atoms with Crippen LogP contribution in [0.2, 0.25) is 0 Å². The molecule has 0 aromatic heterocycles. The first kappa shape index (κ1) is 13.8. The third kappa shape index (κ3) is 2.42. The second-order valence-corrected chi connectivity index (χ2v) is 6.03. The zero-order chi connectivity index (χ0) is 14.3. The Morgan fingerprint density at radius 1 is 1.30 bits per heavy atom. The lowest BCUT2D eigenvalue weighted by molar-refractivity contribution is 0.0304. The van der Waals surface area contributed by atoms with Crippen LogP contribution in [0.5, 0.6) is 0 Å². The van der Waals surface area contributed by atoms with Gasteiger partial charge in [-0.3, -0.25) is 0 Å². The lowest BCUT2D eigenvalue weighted by atomic mass is 10.0. The molecule has 20 heavy (non-hydrogen) atoms. The lowest BCUT2D eigenvalue weighted by Crippen LogP contribution is -2.43.